The second-order valence-electron chi connectivity index (χ2n) is 3.67. The van der Waals surface area contributed by atoms with Gasteiger partial charge in [-0.1, -0.05) is 17.7 Å². The number of rotatable bonds is 3. The highest BCUT2D eigenvalue weighted by Gasteiger charge is 2.18. The average Bonchev–Trinajstić information content (AvgIpc) is 2.74. The number of carbonyl (C=O) groups is 1. The van der Waals surface area contributed by atoms with Gasteiger partial charge in [0.2, 0.25) is 11.7 Å². The molecule has 1 aromatic heterocycles. The topological polar surface area (TPSA) is 89.3 Å². The Bertz CT molecular complexity index is 543. The molecule has 0 aliphatic heterocycles. The van der Waals surface area contributed by atoms with Gasteiger partial charge in [0.25, 0.3) is 0 Å². The van der Waals surface area contributed by atoms with Crippen LogP contribution in [0.1, 0.15) is 21.8 Å². The first-order valence-electron chi connectivity index (χ1n) is 5.12. The zero-order chi connectivity index (χ0) is 12.4. The minimum absolute atomic E-state index is 0.0387. The first kappa shape index (κ1) is 11.3. The number of aryl methyl sites for hydroxylation is 1. The Morgan fingerprint density at radius 3 is 2.53 bits per heavy atom. The van der Waals surface area contributed by atoms with Crippen molar-refractivity contribution < 1.29 is 14.3 Å². The molecule has 17 heavy (non-hydrogen) atoms. The molecule has 0 bridgehead atoms. The molecule has 0 saturated carbocycles. The van der Waals surface area contributed by atoms with E-state index in [2.05, 4.69) is 4.98 Å². The van der Waals surface area contributed by atoms with Gasteiger partial charge >= 0.3 is 5.97 Å². The fourth-order valence-electron chi connectivity index (χ4n) is 1.48. The third-order valence-electron chi connectivity index (χ3n) is 2.38. The summed E-state index contributed by atoms with van der Waals surface area (Å²) in [7, 11) is 0. The number of carboxylic acid groups (broad SMARTS) is 1. The Labute approximate surface area is 97.9 Å². The predicted molar refractivity (Wildman–Crippen MR) is 61.5 cm³/mol. The van der Waals surface area contributed by atoms with Crippen LogP contribution >= 0.6 is 0 Å². The van der Waals surface area contributed by atoms with Crippen molar-refractivity contribution in [2.24, 2.45) is 5.73 Å². The smallest absolute Gasteiger partial charge is 0.373 e. The molecular weight excluding hydrogens is 220 g/mol. The van der Waals surface area contributed by atoms with Crippen LogP contribution in [-0.2, 0) is 6.54 Å². The third-order valence-corrected chi connectivity index (χ3v) is 2.38. The number of aromatic carboxylic acids is 1. The van der Waals surface area contributed by atoms with E-state index < -0.39 is 5.97 Å². The maximum Gasteiger partial charge on any atom is 0.373 e. The Morgan fingerprint density at radius 2 is 2.06 bits per heavy atom. The van der Waals surface area contributed by atoms with Gasteiger partial charge in [0.1, 0.15) is 5.69 Å². The van der Waals surface area contributed by atoms with E-state index in [9.17, 15) is 4.79 Å². The van der Waals surface area contributed by atoms with Gasteiger partial charge in [-0.25, -0.2) is 9.78 Å². The van der Waals surface area contributed by atoms with E-state index in [-0.39, 0.29) is 23.9 Å². The summed E-state index contributed by atoms with van der Waals surface area (Å²) in [6, 6.07) is 7.46. The molecule has 0 amide bonds. The molecule has 0 fully saturated rings. The Balaban J connectivity index is 2.46. The number of oxazole rings is 1. The summed E-state index contributed by atoms with van der Waals surface area (Å²) in [4.78, 5) is 15.0. The van der Waals surface area contributed by atoms with Gasteiger partial charge < -0.3 is 15.3 Å². The van der Waals surface area contributed by atoms with Gasteiger partial charge in [-0.2, -0.15) is 0 Å². The van der Waals surface area contributed by atoms with Gasteiger partial charge in [0.15, 0.2) is 0 Å². The molecule has 3 N–H and O–H groups in total. The molecule has 0 spiro atoms. The van der Waals surface area contributed by atoms with E-state index in [1.54, 1.807) is 0 Å². The molecule has 2 rings (SSSR count). The van der Waals surface area contributed by atoms with Gasteiger partial charge in [0, 0.05) is 12.1 Å². The molecule has 5 heteroatoms. The molecule has 0 atom stereocenters. The van der Waals surface area contributed by atoms with Crippen LogP contribution in [0.3, 0.4) is 0 Å². The molecule has 2 aromatic rings. The maximum atomic E-state index is 10.9. The molecule has 1 heterocycles. The van der Waals surface area contributed by atoms with Crippen LogP contribution in [-0.4, -0.2) is 16.1 Å². The van der Waals surface area contributed by atoms with Crippen LogP contribution in [0.25, 0.3) is 11.5 Å². The van der Waals surface area contributed by atoms with Gasteiger partial charge in [-0.15, -0.1) is 0 Å². The minimum Gasteiger partial charge on any atom is -0.475 e. The lowest BCUT2D eigenvalue weighted by atomic mass is 10.1. The van der Waals surface area contributed by atoms with Crippen molar-refractivity contribution >= 4 is 5.97 Å². The number of hydrogen-bond donors (Lipinski definition) is 2. The van der Waals surface area contributed by atoms with Crippen molar-refractivity contribution in [2.75, 3.05) is 0 Å². The van der Waals surface area contributed by atoms with Gasteiger partial charge in [-0.05, 0) is 19.1 Å². The van der Waals surface area contributed by atoms with E-state index in [4.69, 9.17) is 15.3 Å². The number of hydrogen-bond acceptors (Lipinski definition) is 4. The highest BCUT2D eigenvalue weighted by molar-refractivity contribution is 5.86. The van der Waals surface area contributed by atoms with E-state index in [0.717, 1.165) is 11.1 Å². The summed E-state index contributed by atoms with van der Waals surface area (Å²) in [6.07, 6.45) is 0. The summed E-state index contributed by atoms with van der Waals surface area (Å²) >= 11 is 0. The lowest BCUT2D eigenvalue weighted by Gasteiger charge is -1.95. The van der Waals surface area contributed by atoms with E-state index in [1.165, 1.54) is 0 Å². The van der Waals surface area contributed by atoms with Crippen LogP contribution < -0.4 is 5.73 Å². The van der Waals surface area contributed by atoms with Crippen molar-refractivity contribution in [1.29, 1.82) is 0 Å². The number of aromatic nitrogens is 1. The molecule has 0 radical (unpaired) electrons. The molecule has 88 valence electrons. The summed E-state index contributed by atoms with van der Waals surface area (Å²) in [5.74, 6) is -1.07. The molecule has 0 aliphatic carbocycles. The zero-order valence-corrected chi connectivity index (χ0v) is 9.30. The molecular formula is C12H12N2O3. The van der Waals surface area contributed by atoms with E-state index in [1.807, 2.05) is 31.2 Å². The minimum atomic E-state index is -1.16. The van der Waals surface area contributed by atoms with Gasteiger partial charge in [-0.3, -0.25) is 0 Å². The van der Waals surface area contributed by atoms with Crippen LogP contribution in [0, 0.1) is 6.92 Å². The molecule has 0 saturated heterocycles. The SMILES string of the molecule is Cc1ccc(-c2nc(CN)c(C(=O)O)o2)cc1. The fraction of sp³-hybridized carbons (Fsp3) is 0.167. The second kappa shape index (κ2) is 4.39. The monoisotopic (exact) mass is 232 g/mol. The molecule has 1 aromatic carbocycles. The molecule has 0 unspecified atom stereocenters. The maximum absolute atomic E-state index is 10.9. The highest BCUT2D eigenvalue weighted by Crippen LogP contribution is 2.22. The van der Waals surface area contributed by atoms with Crippen molar-refractivity contribution in [3.63, 3.8) is 0 Å². The lowest BCUT2D eigenvalue weighted by molar-refractivity contribution is 0.0661. The first-order chi connectivity index (χ1) is 8.11. The summed E-state index contributed by atoms with van der Waals surface area (Å²) in [5, 5.41) is 8.91. The van der Waals surface area contributed by atoms with Crippen molar-refractivity contribution in [3.8, 4) is 11.5 Å². The van der Waals surface area contributed by atoms with Crippen LogP contribution in [0.15, 0.2) is 28.7 Å². The number of nitrogens with zero attached hydrogens (tertiary/aromatic N) is 1. The first-order valence-corrected chi connectivity index (χ1v) is 5.12. The molecule has 0 aliphatic rings. The fourth-order valence-corrected chi connectivity index (χ4v) is 1.48. The standard InChI is InChI=1S/C12H12N2O3/c1-7-2-4-8(5-3-7)11-14-9(6-13)10(17-11)12(15)16/h2-5H,6,13H2,1H3,(H,15,16). The third kappa shape index (κ3) is 2.19. The average molecular weight is 232 g/mol. The van der Waals surface area contributed by atoms with Crippen molar-refractivity contribution in [1.82, 2.24) is 4.98 Å². The highest BCUT2D eigenvalue weighted by atomic mass is 16.4. The lowest BCUT2D eigenvalue weighted by Crippen LogP contribution is -2.04. The number of nitrogens with two attached hydrogens (primary N) is 1. The van der Waals surface area contributed by atoms with Gasteiger partial charge in [0.05, 0.1) is 0 Å². The largest absolute Gasteiger partial charge is 0.475 e. The van der Waals surface area contributed by atoms with Crippen molar-refractivity contribution in [3.05, 3.63) is 41.3 Å². The van der Waals surface area contributed by atoms with Crippen LogP contribution in [0.4, 0.5) is 0 Å². The number of benzene rings is 1. The zero-order valence-electron chi connectivity index (χ0n) is 9.30. The normalized spacial score (nSPS) is 10.5. The summed E-state index contributed by atoms with van der Waals surface area (Å²) in [6.45, 7) is 2.00. The van der Waals surface area contributed by atoms with E-state index in [0.29, 0.717) is 0 Å². The molecule has 5 nitrogen and oxygen atoms in total. The van der Waals surface area contributed by atoms with Crippen LogP contribution in [0.5, 0.6) is 0 Å². The quantitative estimate of drug-likeness (QED) is 0.842. The van der Waals surface area contributed by atoms with Crippen LogP contribution in [0.2, 0.25) is 0 Å². The van der Waals surface area contributed by atoms with E-state index >= 15 is 0 Å². The Kier molecular flexibility index (Phi) is 2.93. The Hall–Kier alpha value is -2.14. The Morgan fingerprint density at radius 1 is 1.41 bits per heavy atom. The predicted octanol–water partition coefficient (Wildman–Crippen LogP) is 1.81. The van der Waals surface area contributed by atoms with Crippen molar-refractivity contribution in [2.45, 2.75) is 13.5 Å². The summed E-state index contributed by atoms with van der Waals surface area (Å²) < 4.78 is 5.20. The second-order valence-corrected chi connectivity index (χ2v) is 3.67. The number of carboxylic acids is 1. The summed E-state index contributed by atoms with van der Waals surface area (Å²) in [5.41, 5.74) is 7.52.